The first kappa shape index (κ1) is 15.2. The molecule has 1 saturated heterocycles. The van der Waals surface area contributed by atoms with E-state index in [-0.39, 0.29) is 5.91 Å². The minimum Gasteiger partial charge on any atom is -0.497 e. The second-order valence-corrected chi connectivity index (χ2v) is 6.51. The van der Waals surface area contributed by atoms with Crippen LogP contribution in [0.2, 0.25) is 0 Å². The summed E-state index contributed by atoms with van der Waals surface area (Å²) < 4.78 is 10.6. The van der Waals surface area contributed by atoms with E-state index >= 15 is 0 Å². The van der Waals surface area contributed by atoms with Crippen molar-refractivity contribution in [3.05, 3.63) is 23.8 Å². The van der Waals surface area contributed by atoms with Crippen LogP contribution in [-0.2, 0) is 0 Å². The molecule has 0 radical (unpaired) electrons. The van der Waals surface area contributed by atoms with Gasteiger partial charge in [0.15, 0.2) is 0 Å². The number of rotatable bonds is 3. The third kappa shape index (κ3) is 2.67. The zero-order valence-electron chi connectivity index (χ0n) is 13.7. The smallest absolute Gasteiger partial charge is 0.254 e. The lowest BCUT2D eigenvalue weighted by Gasteiger charge is -2.33. The van der Waals surface area contributed by atoms with Gasteiger partial charge in [-0.1, -0.05) is 12.8 Å². The second kappa shape index (κ2) is 6.19. The molecule has 1 heterocycles. The summed E-state index contributed by atoms with van der Waals surface area (Å²) in [6.45, 7) is 2.17. The van der Waals surface area contributed by atoms with Crippen molar-refractivity contribution in [1.82, 2.24) is 4.90 Å². The van der Waals surface area contributed by atoms with Gasteiger partial charge in [0, 0.05) is 23.7 Å². The highest BCUT2D eigenvalue weighted by atomic mass is 16.5. The highest BCUT2D eigenvalue weighted by molar-refractivity contribution is 5.95. The van der Waals surface area contributed by atoms with Gasteiger partial charge >= 0.3 is 0 Å². The Labute approximate surface area is 132 Å². The second-order valence-electron chi connectivity index (χ2n) is 6.51. The topological polar surface area (TPSA) is 38.8 Å². The fraction of sp³-hybridized carbons (Fsp3) is 0.611. The highest BCUT2D eigenvalue weighted by Gasteiger charge is 2.42. The van der Waals surface area contributed by atoms with Gasteiger partial charge in [-0.25, -0.2) is 0 Å². The standard InChI is InChI=1S/C18H25NO3/c1-12-8-13-6-4-5-7-17(13)19(12)18(20)14-9-15(21-2)11-16(10-14)22-3/h9-13,17H,4-8H2,1-3H3. The Bertz CT molecular complexity index is 535. The zero-order valence-corrected chi connectivity index (χ0v) is 13.7. The molecule has 1 aromatic rings. The highest BCUT2D eigenvalue weighted by Crippen LogP contribution is 2.40. The molecule has 0 N–H and O–H groups in total. The molecule has 3 rings (SSSR count). The van der Waals surface area contributed by atoms with Crippen LogP contribution in [0.15, 0.2) is 18.2 Å². The molecule has 22 heavy (non-hydrogen) atoms. The van der Waals surface area contributed by atoms with Crippen LogP contribution in [-0.4, -0.2) is 37.1 Å². The van der Waals surface area contributed by atoms with E-state index in [9.17, 15) is 4.79 Å². The van der Waals surface area contributed by atoms with E-state index in [0.29, 0.717) is 35.1 Å². The van der Waals surface area contributed by atoms with Gasteiger partial charge < -0.3 is 14.4 Å². The molecule has 0 bridgehead atoms. The third-order valence-electron chi connectivity index (χ3n) is 5.18. The summed E-state index contributed by atoms with van der Waals surface area (Å²) in [5, 5.41) is 0. The SMILES string of the molecule is COc1cc(OC)cc(C(=O)N2C(C)CC3CCCCC32)c1. The number of hydrogen-bond acceptors (Lipinski definition) is 3. The maximum Gasteiger partial charge on any atom is 0.254 e. The Hall–Kier alpha value is -1.71. The fourth-order valence-corrected chi connectivity index (χ4v) is 4.14. The van der Waals surface area contributed by atoms with Gasteiger partial charge in [0.2, 0.25) is 0 Å². The van der Waals surface area contributed by atoms with E-state index in [1.807, 2.05) is 12.1 Å². The number of amides is 1. The van der Waals surface area contributed by atoms with Crippen molar-refractivity contribution in [2.75, 3.05) is 14.2 Å². The molecule has 2 aliphatic rings. The van der Waals surface area contributed by atoms with Crippen molar-refractivity contribution in [3.63, 3.8) is 0 Å². The number of benzene rings is 1. The number of hydrogen-bond donors (Lipinski definition) is 0. The molecule has 1 amide bonds. The zero-order chi connectivity index (χ0) is 15.7. The lowest BCUT2D eigenvalue weighted by Crippen LogP contribution is -2.42. The van der Waals surface area contributed by atoms with Gasteiger partial charge in [-0.2, -0.15) is 0 Å². The van der Waals surface area contributed by atoms with Crippen molar-refractivity contribution < 1.29 is 14.3 Å². The van der Waals surface area contributed by atoms with Crippen LogP contribution in [0, 0.1) is 5.92 Å². The van der Waals surface area contributed by atoms with Crippen LogP contribution in [0.5, 0.6) is 11.5 Å². The Morgan fingerprint density at radius 2 is 1.73 bits per heavy atom. The first-order chi connectivity index (χ1) is 10.6. The molecule has 1 aliphatic carbocycles. The maximum atomic E-state index is 13.1. The Morgan fingerprint density at radius 3 is 2.36 bits per heavy atom. The minimum absolute atomic E-state index is 0.110. The summed E-state index contributed by atoms with van der Waals surface area (Å²) in [5.41, 5.74) is 0.661. The van der Waals surface area contributed by atoms with Crippen molar-refractivity contribution in [3.8, 4) is 11.5 Å². The van der Waals surface area contributed by atoms with Gasteiger partial charge in [-0.3, -0.25) is 4.79 Å². The van der Waals surface area contributed by atoms with E-state index < -0.39 is 0 Å². The quantitative estimate of drug-likeness (QED) is 0.858. The molecule has 3 unspecified atom stereocenters. The minimum atomic E-state index is 0.110. The first-order valence-electron chi connectivity index (χ1n) is 8.19. The molecule has 0 spiro atoms. The van der Waals surface area contributed by atoms with Crippen LogP contribution >= 0.6 is 0 Å². The number of fused-ring (bicyclic) bond motifs is 1. The Balaban J connectivity index is 1.89. The molecule has 0 aromatic heterocycles. The molecular formula is C18H25NO3. The Morgan fingerprint density at radius 1 is 1.09 bits per heavy atom. The molecule has 2 fully saturated rings. The number of carbonyl (C=O) groups excluding carboxylic acids is 1. The molecule has 3 atom stereocenters. The van der Waals surface area contributed by atoms with Crippen molar-refractivity contribution in [1.29, 1.82) is 0 Å². The molecule has 4 nitrogen and oxygen atoms in total. The van der Waals surface area contributed by atoms with E-state index in [4.69, 9.17) is 9.47 Å². The van der Waals surface area contributed by atoms with Crippen LogP contribution in [0.3, 0.4) is 0 Å². The molecule has 120 valence electrons. The number of ether oxygens (including phenoxy) is 2. The molecular weight excluding hydrogens is 278 g/mol. The predicted molar refractivity (Wildman–Crippen MR) is 85.5 cm³/mol. The van der Waals surface area contributed by atoms with Crippen LogP contribution in [0.25, 0.3) is 0 Å². The maximum absolute atomic E-state index is 13.1. The van der Waals surface area contributed by atoms with Crippen LogP contribution in [0.1, 0.15) is 49.4 Å². The summed E-state index contributed by atoms with van der Waals surface area (Å²) in [4.78, 5) is 15.2. The molecule has 1 saturated carbocycles. The average Bonchev–Trinajstić information content (AvgIpc) is 2.89. The van der Waals surface area contributed by atoms with E-state index in [1.165, 1.54) is 19.3 Å². The largest absolute Gasteiger partial charge is 0.497 e. The summed E-state index contributed by atoms with van der Waals surface area (Å²) >= 11 is 0. The number of likely N-dealkylation sites (tertiary alicyclic amines) is 1. The number of methoxy groups -OCH3 is 2. The van der Waals surface area contributed by atoms with Gasteiger partial charge in [0.25, 0.3) is 5.91 Å². The monoisotopic (exact) mass is 303 g/mol. The van der Waals surface area contributed by atoms with Crippen molar-refractivity contribution in [2.24, 2.45) is 5.92 Å². The van der Waals surface area contributed by atoms with E-state index in [2.05, 4.69) is 11.8 Å². The molecule has 1 aromatic carbocycles. The van der Waals surface area contributed by atoms with Crippen LogP contribution in [0.4, 0.5) is 0 Å². The average molecular weight is 303 g/mol. The van der Waals surface area contributed by atoms with Crippen molar-refractivity contribution in [2.45, 2.75) is 51.1 Å². The molecule has 4 heteroatoms. The first-order valence-corrected chi connectivity index (χ1v) is 8.19. The normalized spacial score (nSPS) is 27.4. The van der Waals surface area contributed by atoms with Gasteiger partial charge in [0.05, 0.1) is 14.2 Å². The fourth-order valence-electron chi connectivity index (χ4n) is 4.14. The van der Waals surface area contributed by atoms with E-state index in [1.54, 1.807) is 20.3 Å². The summed E-state index contributed by atoms with van der Waals surface area (Å²) in [7, 11) is 3.22. The lowest BCUT2D eigenvalue weighted by atomic mass is 9.85. The van der Waals surface area contributed by atoms with Gasteiger partial charge in [-0.15, -0.1) is 0 Å². The Kier molecular flexibility index (Phi) is 4.27. The van der Waals surface area contributed by atoms with Crippen LogP contribution < -0.4 is 9.47 Å². The lowest BCUT2D eigenvalue weighted by molar-refractivity contribution is 0.0633. The summed E-state index contributed by atoms with van der Waals surface area (Å²) in [6, 6.07) is 6.15. The molecule has 1 aliphatic heterocycles. The van der Waals surface area contributed by atoms with Gasteiger partial charge in [0.1, 0.15) is 11.5 Å². The number of nitrogens with zero attached hydrogens (tertiary/aromatic N) is 1. The number of carbonyl (C=O) groups is 1. The summed E-state index contributed by atoms with van der Waals surface area (Å²) in [5.74, 6) is 2.11. The van der Waals surface area contributed by atoms with Crippen molar-refractivity contribution >= 4 is 5.91 Å². The summed E-state index contributed by atoms with van der Waals surface area (Å²) in [6.07, 6.45) is 6.08. The third-order valence-corrected chi connectivity index (χ3v) is 5.18. The van der Waals surface area contributed by atoms with Gasteiger partial charge in [-0.05, 0) is 44.2 Å². The van der Waals surface area contributed by atoms with E-state index in [0.717, 1.165) is 12.8 Å². The predicted octanol–water partition coefficient (Wildman–Crippen LogP) is 3.50.